The Kier molecular flexibility index (Phi) is 6.47. The summed E-state index contributed by atoms with van der Waals surface area (Å²) in [6.07, 6.45) is 6.87. The molecule has 1 aliphatic carbocycles. The summed E-state index contributed by atoms with van der Waals surface area (Å²) in [7, 11) is 3.94. The molecule has 23 heavy (non-hydrogen) atoms. The number of Topliss-reactive ketones (excluding diaryl/α,β-unsaturated/α-hetero) is 1. The number of hydrogen-bond donors (Lipinski definition) is 1. The zero-order chi connectivity index (χ0) is 16.8. The lowest BCUT2D eigenvalue weighted by Gasteiger charge is -2.15. The summed E-state index contributed by atoms with van der Waals surface area (Å²) in [6.45, 7) is 3.61. The van der Waals surface area contributed by atoms with Crippen molar-refractivity contribution in [2.24, 2.45) is 0 Å². The highest BCUT2D eigenvalue weighted by Crippen LogP contribution is 2.27. The number of carbonyl (C=O) groups excluding carboxylic acids is 2. The molecule has 0 bridgehead atoms. The van der Waals surface area contributed by atoms with Gasteiger partial charge in [-0.1, -0.05) is 26.2 Å². The van der Waals surface area contributed by atoms with E-state index in [1.54, 1.807) is 0 Å². The number of aromatic nitrogens is 1. The second-order valence-corrected chi connectivity index (χ2v) is 7.16. The number of rotatable bonds is 9. The van der Waals surface area contributed by atoms with Gasteiger partial charge in [0.1, 0.15) is 10.6 Å². The molecule has 0 aliphatic heterocycles. The van der Waals surface area contributed by atoms with Crippen LogP contribution in [0.15, 0.2) is 11.8 Å². The summed E-state index contributed by atoms with van der Waals surface area (Å²) in [5.74, 6) is -0.265. The van der Waals surface area contributed by atoms with Crippen molar-refractivity contribution in [2.75, 3.05) is 27.2 Å². The van der Waals surface area contributed by atoms with Crippen molar-refractivity contribution < 1.29 is 9.59 Å². The zero-order valence-corrected chi connectivity index (χ0v) is 15.0. The Morgan fingerprint density at radius 2 is 2.00 bits per heavy atom. The number of nitrogens with one attached hydrogen (secondary N) is 1. The summed E-state index contributed by atoms with van der Waals surface area (Å²) in [6, 6.07) is 0. The summed E-state index contributed by atoms with van der Waals surface area (Å²) in [4.78, 5) is 31.6. The molecule has 0 saturated heterocycles. The number of unbranched alkanes of at least 4 members (excludes halogenated alkanes) is 3. The molecule has 0 radical (unpaired) electrons. The molecular weight excluding hydrogens is 310 g/mol. The van der Waals surface area contributed by atoms with E-state index in [1.807, 2.05) is 19.0 Å². The van der Waals surface area contributed by atoms with Gasteiger partial charge in [-0.2, -0.15) is 0 Å². The van der Waals surface area contributed by atoms with Crippen molar-refractivity contribution in [3.05, 3.63) is 27.4 Å². The van der Waals surface area contributed by atoms with Gasteiger partial charge >= 0.3 is 0 Å². The van der Waals surface area contributed by atoms with Crippen molar-refractivity contribution in [1.82, 2.24) is 15.2 Å². The Morgan fingerprint density at radius 3 is 2.70 bits per heavy atom. The van der Waals surface area contributed by atoms with Gasteiger partial charge < -0.3 is 10.2 Å². The summed E-state index contributed by atoms with van der Waals surface area (Å²) >= 11 is 1.38. The van der Waals surface area contributed by atoms with Crippen molar-refractivity contribution >= 4 is 22.9 Å². The Balaban J connectivity index is 2.01. The number of aryl methyl sites for hydroxylation is 1. The molecule has 0 atom stereocenters. The van der Waals surface area contributed by atoms with Crippen molar-refractivity contribution in [2.45, 2.75) is 39.0 Å². The fourth-order valence-corrected chi connectivity index (χ4v) is 3.49. The number of fused-ring (bicyclic) bond motifs is 1. The molecule has 1 aliphatic rings. The van der Waals surface area contributed by atoms with Crippen LogP contribution >= 0.6 is 11.3 Å². The van der Waals surface area contributed by atoms with Gasteiger partial charge in [0, 0.05) is 19.2 Å². The first-order chi connectivity index (χ1) is 11.0. The van der Waals surface area contributed by atoms with Crippen LogP contribution in [0.2, 0.25) is 0 Å². The number of ketones is 2. The van der Waals surface area contributed by atoms with E-state index in [2.05, 4.69) is 17.2 Å². The van der Waals surface area contributed by atoms with Crippen LogP contribution in [0.1, 0.15) is 57.8 Å². The molecule has 6 heteroatoms. The molecule has 0 aromatic carbocycles. The topological polar surface area (TPSA) is 62.3 Å². The van der Waals surface area contributed by atoms with Gasteiger partial charge in [-0.05, 0) is 26.9 Å². The maximum atomic E-state index is 12.5. The molecule has 126 valence electrons. The van der Waals surface area contributed by atoms with E-state index in [4.69, 9.17) is 0 Å². The van der Waals surface area contributed by atoms with E-state index in [0.29, 0.717) is 22.8 Å². The van der Waals surface area contributed by atoms with Crippen molar-refractivity contribution in [3.63, 3.8) is 0 Å². The van der Waals surface area contributed by atoms with Gasteiger partial charge in [0.2, 0.25) is 11.6 Å². The highest BCUT2D eigenvalue weighted by atomic mass is 32.1. The average molecular weight is 335 g/mol. The highest BCUT2D eigenvalue weighted by molar-refractivity contribution is 7.14. The lowest BCUT2D eigenvalue weighted by Crippen LogP contribution is -2.31. The highest BCUT2D eigenvalue weighted by Gasteiger charge is 2.29. The SMILES string of the molecule is CCCCCCc1nc2c(s1)C(=O)C(NCCN(C)C)=CC2=O. The van der Waals surface area contributed by atoms with Gasteiger partial charge in [-0.25, -0.2) is 4.98 Å². The summed E-state index contributed by atoms with van der Waals surface area (Å²) < 4.78 is 0. The molecule has 2 rings (SSSR count). The minimum absolute atomic E-state index is 0.101. The predicted octanol–water partition coefficient (Wildman–Crippen LogP) is 2.68. The summed E-state index contributed by atoms with van der Waals surface area (Å²) in [5, 5.41) is 3.97. The maximum absolute atomic E-state index is 12.5. The molecule has 0 saturated carbocycles. The van der Waals surface area contributed by atoms with Gasteiger partial charge in [0.05, 0.1) is 10.7 Å². The van der Waals surface area contributed by atoms with E-state index >= 15 is 0 Å². The lowest BCUT2D eigenvalue weighted by molar-refractivity contribution is 0.0978. The van der Waals surface area contributed by atoms with Gasteiger partial charge in [0.15, 0.2) is 0 Å². The molecular formula is C17H25N3O2S. The third-order valence-corrected chi connectivity index (χ3v) is 4.86. The number of thiazole rings is 1. The van der Waals surface area contributed by atoms with E-state index < -0.39 is 0 Å². The second-order valence-electron chi connectivity index (χ2n) is 6.08. The van der Waals surface area contributed by atoms with Crippen LogP contribution in [0, 0.1) is 0 Å². The molecule has 1 heterocycles. The Labute approximate surface area is 141 Å². The summed E-state index contributed by atoms with van der Waals surface area (Å²) in [5.41, 5.74) is 0.731. The van der Waals surface area contributed by atoms with Crippen LogP contribution in [0.5, 0.6) is 0 Å². The van der Waals surface area contributed by atoms with Crippen LogP contribution in [0.4, 0.5) is 0 Å². The average Bonchev–Trinajstić information content (AvgIpc) is 2.93. The molecule has 0 spiro atoms. The lowest BCUT2D eigenvalue weighted by atomic mass is 10.0. The van der Waals surface area contributed by atoms with Gasteiger partial charge in [-0.3, -0.25) is 9.59 Å². The zero-order valence-electron chi connectivity index (χ0n) is 14.1. The fraction of sp³-hybridized carbons (Fsp3) is 0.588. The Morgan fingerprint density at radius 1 is 1.22 bits per heavy atom. The molecule has 1 aromatic heterocycles. The number of likely N-dealkylation sites (N-methyl/N-ethyl adjacent to an activating group) is 1. The Bertz CT molecular complexity index is 605. The predicted molar refractivity (Wildman–Crippen MR) is 93.3 cm³/mol. The van der Waals surface area contributed by atoms with Crippen molar-refractivity contribution in [3.8, 4) is 0 Å². The number of allylic oxidation sites excluding steroid dienone is 2. The molecule has 0 unspecified atom stereocenters. The number of nitrogens with zero attached hydrogens (tertiary/aromatic N) is 2. The smallest absolute Gasteiger partial charge is 0.221 e. The fourth-order valence-electron chi connectivity index (χ4n) is 2.43. The molecule has 0 fully saturated rings. The minimum atomic E-state index is -0.164. The standard InChI is InChI=1S/C17H25N3O2S/c1-4-5-6-7-8-14-19-15-13(21)11-12(16(22)17(15)23-14)18-9-10-20(2)3/h11,18H,4-10H2,1-3H3. The van der Waals surface area contributed by atoms with E-state index in [9.17, 15) is 9.59 Å². The number of carbonyl (C=O) groups is 2. The van der Waals surface area contributed by atoms with Crippen molar-refractivity contribution in [1.29, 1.82) is 0 Å². The number of hydrogen-bond acceptors (Lipinski definition) is 6. The van der Waals surface area contributed by atoms with Gasteiger partial charge in [-0.15, -0.1) is 11.3 Å². The second kappa shape index (κ2) is 8.36. The van der Waals surface area contributed by atoms with E-state index in [0.717, 1.165) is 30.8 Å². The van der Waals surface area contributed by atoms with Crippen LogP contribution in [0.3, 0.4) is 0 Å². The van der Waals surface area contributed by atoms with Gasteiger partial charge in [0.25, 0.3) is 0 Å². The van der Waals surface area contributed by atoms with E-state index in [1.165, 1.54) is 30.3 Å². The Hall–Kier alpha value is -1.53. The third-order valence-electron chi connectivity index (χ3n) is 3.75. The van der Waals surface area contributed by atoms with Crippen LogP contribution in [0.25, 0.3) is 0 Å². The third kappa shape index (κ3) is 4.72. The van der Waals surface area contributed by atoms with Crippen LogP contribution in [-0.2, 0) is 6.42 Å². The van der Waals surface area contributed by atoms with Crippen LogP contribution in [-0.4, -0.2) is 48.6 Å². The molecule has 1 N–H and O–H groups in total. The first-order valence-electron chi connectivity index (χ1n) is 8.22. The first kappa shape index (κ1) is 17.8. The maximum Gasteiger partial charge on any atom is 0.221 e. The minimum Gasteiger partial charge on any atom is -0.380 e. The van der Waals surface area contributed by atoms with Crippen LogP contribution < -0.4 is 5.32 Å². The first-order valence-corrected chi connectivity index (χ1v) is 9.03. The molecule has 0 amide bonds. The normalized spacial score (nSPS) is 14.2. The van der Waals surface area contributed by atoms with E-state index in [-0.39, 0.29) is 11.6 Å². The molecule has 5 nitrogen and oxygen atoms in total. The molecule has 1 aromatic rings. The largest absolute Gasteiger partial charge is 0.380 e. The monoisotopic (exact) mass is 335 g/mol. The quantitative estimate of drug-likeness (QED) is 0.703.